The van der Waals surface area contributed by atoms with E-state index in [0.29, 0.717) is 10.6 Å². The normalized spacial score (nSPS) is 12.1. The predicted molar refractivity (Wildman–Crippen MR) is 176 cm³/mol. The molecule has 0 saturated carbocycles. The number of carbonyl (C=O) groups is 2. The molecule has 0 amide bonds. The second-order valence-electron chi connectivity index (χ2n) is 10.1. The van der Waals surface area contributed by atoms with Crippen LogP contribution in [-0.4, -0.2) is 68.6 Å². The molecule has 3 unspecified atom stereocenters. The van der Waals surface area contributed by atoms with Gasteiger partial charge in [0, 0.05) is 35.8 Å². The van der Waals surface area contributed by atoms with E-state index in [1.807, 2.05) is 65.9 Å². The lowest BCUT2D eigenvalue weighted by Crippen LogP contribution is -2.51. The summed E-state index contributed by atoms with van der Waals surface area (Å²) in [4.78, 5) is 23.6. The number of nitrogens with zero attached hydrogens (tertiary/aromatic N) is 2. The van der Waals surface area contributed by atoms with Crippen LogP contribution >= 0.6 is 11.6 Å². The highest BCUT2D eigenvalue weighted by Gasteiger charge is 2.27. The van der Waals surface area contributed by atoms with Crippen molar-refractivity contribution in [3.05, 3.63) is 53.1 Å². The van der Waals surface area contributed by atoms with Gasteiger partial charge in [-0.2, -0.15) is 0 Å². The molecule has 0 aromatic heterocycles. The highest BCUT2D eigenvalue weighted by Crippen LogP contribution is 2.28. The van der Waals surface area contributed by atoms with E-state index in [2.05, 4.69) is 82.1 Å². The van der Waals surface area contributed by atoms with Crippen molar-refractivity contribution in [3.63, 3.8) is 0 Å². The van der Waals surface area contributed by atoms with Gasteiger partial charge in [-0.1, -0.05) is 70.3 Å². The molecule has 0 saturated heterocycles. The lowest BCUT2D eigenvalue weighted by molar-refractivity contribution is -0.122. The topological polar surface area (TPSA) is 72.9 Å². The van der Waals surface area contributed by atoms with E-state index in [-0.39, 0.29) is 30.0 Å². The summed E-state index contributed by atoms with van der Waals surface area (Å²) in [6.45, 7) is 18.5. The molecule has 226 valence electrons. The lowest BCUT2D eigenvalue weighted by Gasteiger charge is -2.37. The van der Waals surface area contributed by atoms with Gasteiger partial charge < -0.3 is 14.9 Å². The Balaban J connectivity index is -0.00000108. The van der Waals surface area contributed by atoms with E-state index < -0.39 is 0 Å². The molecule has 7 heteroatoms. The molecule has 0 radical (unpaired) electrons. The smallest absolute Gasteiger partial charge is 0.290 e. The zero-order valence-corrected chi connectivity index (χ0v) is 27.8. The first-order valence-electron chi connectivity index (χ1n) is 13.7. The van der Waals surface area contributed by atoms with Crippen LogP contribution in [0.15, 0.2) is 42.5 Å². The molecule has 0 aliphatic heterocycles. The van der Waals surface area contributed by atoms with Crippen LogP contribution < -0.4 is 10.2 Å². The highest BCUT2D eigenvalue weighted by molar-refractivity contribution is 6.33. The summed E-state index contributed by atoms with van der Waals surface area (Å²) in [5.74, 6) is 3.18. The Bertz CT molecular complexity index is 977. The van der Waals surface area contributed by atoms with Gasteiger partial charge in [0.05, 0.1) is 11.1 Å². The highest BCUT2D eigenvalue weighted by atomic mass is 35.5. The fourth-order valence-corrected chi connectivity index (χ4v) is 3.57. The van der Waals surface area contributed by atoms with Crippen LogP contribution in [0, 0.1) is 18.3 Å². The summed E-state index contributed by atoms with van der Waals surface area (Å²) >= 11 is 6.17. The zero-order valence-electron chi connectivity index (χ0n) is 27.0. The Kier molecular flexibility index (Phi) is 23.8. The van der Waals surface area contributed by atoms with Crippen molar-refractivity contribution in [2.24, 2.45) is 5.92 Å². The van der Waals surface area contributed by atoms with E-state index in [9.17, 15) is 4.79 Å². The van der Waals surface area contributed by atoms with Crippen LogP contribution in [0.4, 0.5) is 5.69 Å². The number of benzene rings is 2. The maximum Gasteiger partial charge on any atom is 0.290 e. The average Bonchev–Trinajstić information content (AvgIpc) is 2.92. The molecule has 40 heavy (non-hydrogen) atoms. The summed E-state index contributed by atoms with van der Waals surface area (Å²) in [5, 5.41) is 10.9. The van der Waals surface area contributed by atoms with E-state index in [1.54, 1.807) is 6.07 Å². The van der Waals surface area contributed by atoms with Gasteiger partial charge in [-0.25, -0.2) is 0 Å². The van der Waals surface area contributed by atoms with Crippen molar-refractivity contribution >= 4 is 30.0 Å². The van der Waals surface area contributed by atoms with Gasteiger partial charge in [0.1, 0.15) is 0 Å². The Morgan fingerprint density at radius 3 is 1.70 bits per heavy atom. The number of nitrogens with one attached hydrogen (secondary N) is 1. The van der Waals surface area contributed by atoms with Gasteiger partial charge in [0.15, 0.2) is 6.29 Å². The first-order chi connectivity index (χ1) is 18.7. The number of aldehydes is 1. The van der Waals surface area contributed by atoms with Crippen molar-refractivity contribution in [2.75, 3.05) is 33.1 Å². The second-order valence-corrected chi connectivity index (χ2v) is 10.5. The molecule has 2 rings (SSSR count). The molecule has 6 nitrogen and oxygen atoms in total. The average molecular weight is 576 g/mol. The number of carbonyl (C=O) groups excluding carboxylic acids is 1. The third kappa shape index (κ3) is 17.0. The van der Waals surface area contributed by atoms with Crippen molar-refractivity contribution in [1.82, 2.24) is 10.2 Å². The van der Waals surface area contributed by atoms with Crippen molar-refractivity contribution in [3.8, 4) is 23.5 Å². The summed E-state index contributed by atoms with van der Waals surface area (Å²) in [5.41, 5.74) is 3.62. The van der Waals surface area contributed by atoms with Crippen LogP contribution in [0.3, 0.4) is 0 Å². The van der Waals surface area contributed by atoms with E-state index in [4.69, 9.17) is 27.9 Å². The summed E-state index contributed by atoms with van der Waals surface area (Å²) in [6.07, 6.45) is 6.58. The third-order valence-electron chi connectivity index (χ3n) is 5.40. The van der Waals surface area contributed by atoms with Gasteiger partial charge in [-0.05, 0) is 84.2 Å². The monoisotopic (exact) mass is 575 g/mol. The van der Waals surface area contributed by atoms with Crippen LogP contribution in [0.1, 0.15) is 72.7 Å². The molecule has 0 spiro atoms. The fraction of sp³-hybridized carbons (Fsp3) is 0.515. The number of carboxylic acid groups (broad SMARTS) is 1. The minimum atomic E-state index is -0.250. The number of terminal acetylenes is 1. The first kappa shape index (κ1) is 41.6. The first-order valence-corrected chi connectivity index (χ1v) is 14.1. The molecule has 0 fully saturated rings. The Morgan fingerprint density at radius 2 is 1.35 bits per heavy atom. The molecule has 0 bridgehead atoms. The Labute approximate surface area is 250 Å². The molecule has 2 N–H and O–H groups in total. The van der Waals surface area contributed by atoms with Gasteiger partial charge in [-0.3, -0.25) is 14.9 Å². The quantitative estimate of drug-likeness (QED) is 0.261. The minimum Gasteiger partial charge on any atom is -0.483 e. The van der Waals surface area contributed by atoms with E-state index >= 15 is 0 Å². The van der Waals surface area contributed by atoms with Crippen molar-refractivity contribution in [2.45, 2.75) is 79.9 Å². The van der Waals surface area contributed by atoms with Crippen molar-refractivity contribution < 1.29 is 14.7 Å². The molecule has 0 heterocycles. The predicted octanol–water partition coefficient (Wildman–Crippen LogP) is 7.60. The fourth-order valence-electron chi connectivity index (χ4n) is 3.35. The molecule has 2 aromatic carbocycles. The summed E-state index contributed by atoms with van der Waals surface area (Å²) < 4.78 is 0. The van der Waals surface area contributed by atoms with Gasteiger partial charge >= 0.3 is 0 Å². The van der Waals surface area contributed by atoms with E-state index in [0.717, 1.165) is 23.1 Å². The van der Waals surface area contributed by atoms with Crippen molar-refractivity contribution in [1.29, 1.82) is 0 Å². The lowest BCUT2D eigenvalue weighted by atomic mass is 9.91. The number of halogens is 1. The standard InChI is InChI=1S/C25H31ClN2O.C3H9N.2C2H6.CH2O2/c1-8-24(27-25(4,5)6)17(2)18(3)28(7)22-13-11-19(12-14-22)20-9-10-21(16-29)23(26)15-20;1-4(2)3;2*1-2;2-1-3/h1,9-18,24,27H,2-7H3;1-3H3;2*1-2H3;1H,(H,2,3). The molecular formula is C33H54ClN3O3. The number of anilines is 1. The Hall–Kier alpha value is -2.85. The number of hydrogen-bond acceptors (Lipinski definition) is 5. The number of rotatable bonds is 7. The Morgan fingerprint density at radius 1 is 0.925 bits per heavy atom. The molecule has 0 aliphatic rings. The van der Waals surface area contributed by atoms with Crippen LogP contribution in [0.5, 0.6) is 0 Å². The van der Waals surface area contributed by atoms with Crippen LogP contribution in [-0.2, 0) is 4.79 Å². The van der Waals surface area contributed by atoms with Gasteiger partial charge in [-0.15, -0.1) is 6.42 Å². The minimum absolute atomic E-state index is 0.00907. The summed E-state index contributed by atoms with van der Waals surface area (Å²) in [7, 11) is 8.09. The van der Waals surface area contributed by atoms with E-state index in [1.165, 1.54) is 0 Å². The van der Waals surface area contributed by atoms with Crippen LogP contribution in [0.25, 0.3) is 11.1 Å². The third-order valence-corrected chi connectivity index (χ3v) is 5.73. The molecule has 0 aliphatic carbocycles. The number of hydrogen-bond donors (Lipinski definition) is 2. The molecule has 2 aromatic rings. The molecule has 3 atom stereocenters. The second kappa shape index (κ2) is 22.9. The zero-order chi connectivity index (χ0) is 32.1. The SMILES string of the molecule is C#CC(NC(C)(C)C)C(C)C(C)N(C)c1ccc(-c2ccc(C=O)c(Cl)c2)cc1.CC.CC.CN(C)C.O=CO. The van der Waals surface area contributed by atoms with Gasteiger partial charge in [0.2, 0.25) is 0 Å². The summed E-state index contributed by atoms with van der Waals surface area (Å²) in [6, 6.07) is 14.1. The maximum absolute atomic E-state index is 11.0. The largest absolute Gasteiger partial charge is 0.483 e. The maximum atomic E-state index is 11.0. The molecular weight excluding hydrogens is 522 g/mol. The van der Waals surface area contributed by atoms with Gasteiger partial charge in [0.25, 0.3) is 6.47 Å². The van der Waals surface area contributed by atoms with Crippen LogP contribution in [0.2, 0.25) is 5.02 Å².